The molecule has 27 heavy (non-hydrogen) atoms. The normalized spacial score (nSPS) is 22.3. The van der Waals surface area contributed by atoms with E-state index in [9.17, 15) is 9.59 Å². The number of carbonyl (C=O) groups excluding carboxylic acids is 2. The Morgan fingerprint density at radius 2 is 2.07 bits per heavy atom. The van der Waals surface area contributed by atoms with Gasteiger partial charge in [0.1, 0.15) is 13.2 Å². The van der Waals surface area contributed by atoms with Crippen LogP contribution >= 0.6 is 0 Å². The number of amides is 1. The lowest BCUT2D eigenvalue weighted by atomic mass is 9.93. The van der Waals surface area contributed by atoms with Crippen molar-refractivity contribution in [2.75, 3.05) is 51.3 Å². The molecule has 0 N–H and O–H groups in total. The zero-order valence-corrected chi connectivity index (χ0v) is 16.2. The summed E-state index contributed by atoms with van der Waals surface area (Å²) >= 11 is 0. The average Bonchev–Trinajstić information content (AvgIpc) is 2.99. The molecule has 0 saturated carbocycles. The Bertz CT molecular complexity index is 683. The fraction of sp³-hybridized carbons (Fsp3) is 0.667. The summed E-state index contributed by atoms with van der Waals surface area (Å²) in [7, 11) is 1.76. The number of ether oxygens (including phenoxy) is 2. The summed E-state index contributed by atoms with van der Waals surface area (Å²) in [6, 6.07) is 0. The van der Waals surface area contributed by atoms with Crippen LogP contribution < -0.4 is 4.90 Å². The van der Waals surface area contributed by atoms with Crippen LogP contribution in [0.1, 0.15) is 25.8 Å². The Morgan fingerprint density at radius 1 is 1.33 bits per heavy atom. The molecular formula is C18H27N5O4. The van der Waals surface area contributed by atoms with E-state index in [1.54, 1.807) is 31.3 Å². The summed E-state index contributed by atoms with van der Waals surface area (Å²) in [5, 5.41) is 0. The summed E-state index contributed by atoms with van der Waals surface area (Å²) in [5.74, 6) is 0.181. The molecule has 1 unspecified atom stereocenters. The quantitative estimate of drug-likeness (QED) is 0.648. The molecule has 1 amide bonds. The van der Waals surface area contributed by atoms with Crippen molar-refractivity contribution in [2.24, 2.45) is 0 Å². The molecule has 0 radical (unpaired) electrons. The first-order valence-corrected chi connectivity index (χ1v) is 9.32. The molecule has 0 spiro atoms. The predicted molar refractivity (Wildman–Crippen MR) is 98.3 cm³/mol. The molecule has 1 aromatic heterocycles. The number of aromatic nitrogens is 2. The lowest BCUT2D eigenvalue weighted by Gasteiger charge is -2.44. The van der Waals surface area contributed by atoms with Crippen molar-refractivity contribution in [3.05, 3.63) is 18.0 Å². The van der Waals surface area contributed by atoms with E-state index in [1.807, 2.05) is 4.90 Å². The van der Waals surface area contributed by atoms with Crippen LogP contribution in [0.4, 0.5) is 10.7 Å². The summed E-state index contributed by atoms with van der Waals surface area (Å²) in [6.07, 6.45) is 4.23. The van der Waals surface area contributed by atoms with Crippen LogP contribution in [-0.2, 0) is 20.8 Å². The van der Waals surface area contributed by atoms with Gasteiger partial charge in [0.2, 0.25) is 5.95 Å². The third-order valence-corrected chi connectivity index (χ3v) is 5.18. The van der Waals surface area contributed by atoms with Crippen LogP contribution in [0, 0.1) is 0 Å². The topological polar surface area (TPSA) is 88.1 Å². The number of hydrogen-bond donors (Lipinski definition) is 0. The number of piperazine rings is 1. The van der Waals surface area contributed by atoms with E-state index in [-0.39, 0.29) is 24.1 Å². The SMILES string of the molecule is CCOC(=O)CN(C)c1ncc(CN2CCN3C(=O)OCC3(CC)C2)cn1. The van der Waals surface area contributed by atoms with Gasteiger partial charge in [-0.05, 0) is 13.3 Å². The first kappa shape index (κ1) is 19.3. The molecule has 2 aliphatic rings. The monoisotopic (exact) mass is 377 g/mol. The molecule has 2 saturated heterocycles. The number of rotatable bonds is 7. The maximum absolute atomic E-state index is 11.9. The Balaban J connectivity index is 1.59. The molecule has 1 aromatic rings. The number of esters is 1. The van der Waals surface area contributed by atoms with E-state index in [0.29, 0.717) is 32.3 Å². The van der Waals surface area contributed by atoms with Gasteiger partial charge in [0.05, 0.1) is 12.1 Å². The van der Waals surface area contributed by atoms with E-state index in [1.165, 1.54) is 0 Å². The first-order chi connectivity index (χ1) is 13.0. The number of nitrogens with zero attached hydrogens (tertiary/aromatic N) is 5. The van der Waals surface area contributed by atoms with Gasteiger partial charge in [0, 0.05) is 51.2 Å². The molecule has 2 fully saturated rings. The smallest absolute Gasteiger partial charge is 0.410 e. The largest absolute Gasteiger partial charge is 0.465 e. The zero-order valence-electron chi connectivity index (χ0n) is 16.2. The fourth-order valence-corrected chi connectivity index (χ4v) is 3.64. The number of likely N-dealkylation sites (N-methyl/N-ethyl adjacent to an activating group) is 1. The molecule has 1 atom stereocenters. The van der Waals surface area contributed by atoms with Gasteiger partial charge in [0.25, 0.3) is 0 Å². The van der Waals surface area contributed by atoms with Gasteiger partial charge in [-0.15, -0.1) is 0 Å². The highest BCUT2D eigenvalue weighted by atomic mass is 16.6. The second-order valence-electron chi connectivity index (χ2n) is 7.05. The van der Waals surface area contributed by atoms with Gasteiger partial charge in [0.15, 0.2) is 0 Å². The van der Waals surface area contributed by atoms with Crippen molar-refractivity contribution >= 4 is 18.0 Å². The highest BCUT2D eigenvalue weighted by Crippen LogP contribution is 2.32. The number of fused-ring (bicyclic) bond motifs is 1. The van der Waals surface area contributed by atoms with Crippen LogP contribution in [0.25, 0.3) is 0 Å². The van der Waals surface area contributed by atoms with Crippen molar-refractivity contribution in [1.82, 2.24) is 19.8 Å². The maximum atomic E-state index is 11.9. The minimum Gasteiger partial charge on any atom is -0.465 e. The van der Waals surface area contributed by atoms with Gasteiger partial charge >= 0.3 is 12.1 Å². The highest BCUT2D eigenvalue weighted by Gasteiger charge is 2.49. The van der Waals surface area contributed by atoms with Crippen LogP contribution in [0.15, 0.2) is 12.4 Å². The Hall–Kier alpha value is -2.42. The molecule has 0 aliphatic carbocycles. The van der Waals surface area contributed by atoms with Crippen molar-refractivity contribution in [2.45, 2.75) is 32.4 Å². The van der Waals surface area contributed by atoms with E-state index >= 15 is 0 Å². The van der Waals surface area contributed by atoms with E-state index in [2.05, 4.69) is 21.8 Å². The Morgan fingerprint density at radius 3 is 2.74 bits per heavy atom. The van der Waals surface area contributed by atoms with Crippen molar-refractivity contribution in [1.29, 1.82) is 0 Å². The van der Waals surface area contributed by atoms with Gasteiger partial charge in [-0.1, -0.05) is 6.92 Å². The Labute approximate surface area is 159 Å². The summed E-state index contributed by atoms with van der Waals surface area (Å²) in [6.45, 7) is 7.75. The van der Waals surface area contributed by atoms with E-state index in [0.717, 1.165) is 25.1 Å². The summed E-state index contributed by atoms with van der Waals surface area (Å²) < 4.78 is 10.2. The van der Waals surface area contributed by atoms with Crippen LogP contribution in [0.2, 0.25) is 0 Å². The molecule has 0 bridgehead atoms. The lowest BCUT2D eigenvalue weighted by molar-refractivity contribution is -0.141. The molecule has 3 rings (SSSR count). The maximum Gasteiger partial charge on any atom is 0.410 e. The second-order valence-corrected chi connectivity index (χ2v) is 7.05. The van der Waals surface area contributed by atoms with Crippen molar-refractivity contribution in [3.63, 3.8) is 0 Å². The minimum atomic E-state index is -0.302. The van der Waals surface area contributed by atoms with Crippen LogP contribution in [0.3, 0.4) is 0 Å². The molecule has 0 aromatic carbocycles. The average molecular weight is 377 g/mol. The predicted octanol–water partition coefficient (Wildman–Crippen LogP) is 0.893. The molecular weight excluding hydrogens is 350 g/mol. The number of hydrogen-bond acceptors (Lipinski definition) is 8. The third-order valence-electron chi connectivity index (χ3n) is 5.18. The summed E-state index contributed by atoms with van der Waals surface area (Å²) in [4.78, 5) is 38.0. The Kier molecular flexibility index (Phi) is 5.79. The number of cyclic esters (lactones) is 1. The third kappa shape index (κ3) is 4.13. The van der Waals surface area contributed by atoms with Gasteiger partial charge < -0.3 is 14.4 Å². The highest BCUT2D eigenvalue weighted by molar-refractivity contribution is 5.74. The van der Waals surface area contributed by atoms with E-state index in [4.69, 9.17) is 9.47 Å². The molecule has 3 heterocycles. The van der Waals surface area contributed by atoms with Gasteiger partial charge in [-0.3, -0.25) is 14.6 Å². The molecule has 9 nitrogen and oxygen atoms in total. The second kappa shape index (κ2) is 8.08. The van der Waals surface area contributed by atoms with Gasteiger partial charge in [-0.25, -0.2) is 14.8 Å². The van der Waals surface area contributed by atoms with Gasteiger partial charge in [-0.2, -0.15) is 0 Å². The number of anilines is 1. The zero-order chi connectivity index (χ0) is 19.4. The van der Waals surface area contributed by atoms with Crippen molar-refractivity contribution < 1.29 is 19.1 Å². The molecule has 148 valence electrons. The number of carbonyl (C=O) groups is 2. The van der Waals surface area contributed by atoms with E-state index < -0.39 is 0 Å². The van der Waals surface area contributed by atoms with Crippen LogP contribution in [-0.4, -0.2) is 83.8 Å². The lowest BCUT2D eigenvalue weighted by Crippen LogP contribution is -2.60. The molecule has 2 aliphatic heterocycles. The molecule has 9 heteroatoms. The van der Waals surface area contributed by atoms with Crippen LogP contribution in [0.5, 0.6) is 0 Å². The fourth-order valence-electron chi connectivity index (χ4n) is 3.64. The summed E-state index contributed by atoms with van der Waals surface area (Å²) in [5.41, 5.74) is 0.768. The van der Waals surface area contributed by atoms with Crippen molar-refractivity contribution in [3.8, 4) is 0 Å². The standard InChI is InChI=1S/C18H27N5O4/c1-4-18-12-22(6-7-23(18)17(25)27-13-18)10-14-8-19-16(20-9-14)21(3)11-15(24)26-5-2/h8-9H,4-7,10-13H2,1-3H3. The minimum absolute atomic E-state index is 0.113. The first-order valence-electron chi connectivity index (χ1n) is 9.32.